The summed E-state index contributed by atoms with van der Waals surface area (Å²) in [5, 5.41) is 8.76. The van der Waals surface area contributed by atoms with Crippen LogP contribution in [0.5, 0.6) is 0 Å². The van der Waals surface area contributed by atoms with Crippen molar-refractivity contribution in [1.29, 1.82) is 0 Å². The van der Waals surface area contributed by atoms with Crippen molar-refractivity contribution in [2.45, 2.75) is 73.0 Å². The smallest absolute Gasteiger partial charge is 0.306 e. The Hall–Kier alpha value is -0.610. The van der Waals surface area contributed by atoms with Gasteiger partial charge in [-0.05, 0) is 38.5 Å². The van der Waals surface area contributed by atoms with E-state index < -0.39 is 11.6 Å². The SMILES string of the molecule is CC(CC(C)(C)C(C)C)OCCOC(C)(C)CC(=O)O. The van der Waals surface area contributed by atoms with Gasteiger partial charge in [0.25, 0.3) is 0 Å². The summed E-state index contributed by atoms with van der Waals surface area (Å²) >= 11 is 0. The van der Waals surface area contributed by atoms with E-state index in [9.17, 15) is 4.79 Å². The van der Waals surface area contributed by atoms with Gasteiger partial charge in [-0.15, -0.1) is 0 Å². The number of rotatable bonds is 10. The van der Waals surface area contributed by atoms with Crippen LogP contribution in [0.2, 0.25) is 0 Å². The van der Waals surface area contributed by atoms with Gasteiger partial charge in [-0.25, -0.2) is 0 Å². The van der Waals surface area contributed by atoms with Crippen molar-refractivity contribution >= 4 is 5.97 Å². The number of carbonyl (C=O) groups is 1. The van der Waals surface area contributed by atoms with E-state index >= 15 is 0 Å². The lowest BCUT2D eigenvalue weighted by atomic mass is 9.77. The van der Waals surface area contributed by atoms with Gasteiger partial charge in [-0.1, -0.05) is 27.7 Å². The van der Waals surface area contributed by atoms with Gasteiger partial charge in [0, 0.05) is 0 Å². The molecule has 0 aliphatic heterocycles. The summed E-state index contributed by atoms with van der Waals surface area (Å²) in [5.74, 6) is -0.234. The van der Waals surface area contributed by atoms with Crippen molar-refractivity contribution in [3.8, 4) is 0 Å². The molecule has 0 aliphatic carbocycles. The van der Waals surface area contributed by atoms with Crippen molar-refractivity contribution in [2.75, 3.05) is 13.2 Å². The molecule has 0 aliphatic rings. The molecule has 0 saturated heterocycles. The fourth-order valence-corrected chi connectivity index (χ4v) is 2.02. The summed E-state index contributed by atoms with van der Waals surface area (Å²) in [6, 6.07) is 0. The second kappa shape index (κ2) is 7.99. The molecule has 0 aromatic carbocycles. The summed E-state index contributed by atoms with van der Waals surface area (Å²) in [5.41, 5.74) is -0.390. The van der Waals surface area contributed by atoms with Gasteiger partial charge in [0.1, 0.15) is 0 Å². The van der Waals surface area contributed by atoms with Gasteiger partial charge in [-0.3, -0.25) is 4.79 Å². The third kappa shape index (κ3) is 8.54. The van der Waals surface area contributed by atoms with E-state index in [1.54, 1.807) is 13.8 Å². The van der Waals surface area contributed by atoms with Crippen LogP contribution in [-0.4, -0.2) is 36.0 Å². The van der Waals surface area contributed by atoms with Crippen LogP contribution in [0, 0.1) is 11.3 Å². The zero-order valence-electron chi connectivity index (χ0n) is 14.2. The van der Waals surface area contributed by atoms with Gasteiger partial charge in [0.2, 0.25) is 0 Å². The average molecular weight is 288 g/mol. The first-order chi connectivity index (χ1) is 8.96. The topological polar surface area (TPSA) is 55.8 Å². The lowest BCUT2D eigenvalue weighted by Crippen LogP contribution is -2.31. The minimum absolute atomic E-state index is 0.00291. The van der Waals surface area contributed by atoms with Crippen LogP contribution >= 0.6 is 0 Å². The first kappa shape index (κ1) is 19.4. The molecule has 0 aromatic rings. The highest BCUT2D eigenvalue weighted by atomic mass is 16.5. The summed E-state index contributed by atoms with van der Waals surface area (Å²) in [6.07, 6.45) is 1.19. The van der Waals surface area contributed by atoms with E-state index in [0.29, 0.717) is 19.1 Å². The number of carboxylic acids is 1. The molecule has 1 atom stereocenters. The normalized spacial score (nSPS) is 14.6. The minimum atomic E-state index is -0.844. The maximum atomic E-state index is 10.7. The van der Waals surface area contributed by atoms with Gasteiger partial charge in [0.05, 0.1) is 31.3 Å². The third-order valence-electron chi connectivity index (χ3n) is 3.93. The summed E-state index contributed by atoms with van der Waals surface area (Å²) in [6.45, 7) is 15.5. The molecule has 1 N–H and O–H groups in total. The molecule has 4 heteroatoms. The Balaban J connectivity index is 3.93. The molecule has 4 nitrogen and oxygen atoms in total. The average Bonchev–Trinajstić information content (AvgIpc) is 2.21. The van der Waals surface area contributed by atoms with E-state index in [-0.39, 0.29) is 17.9 Å². The second-order valence-electron chi connectivity index (χ2n) is 7.21. The molecule has 0 amide bonds. The molecule has 20 heavy (non-hydrogen) atoms. The number of hydrogen-bond donors (Lipinski definition) is 1. The molecule has 0 heterocycles. The van der Waals surface area contributed by atoms with Crippen molar-refractivity contribution < 1.29 is 19.4 Å². The third-order valence-corrected chi connectivity index (χ3v) is 3.93. The van der Waals surface area contributed by atoms with E-state index in [1.165, 1.54) is 0 Å². The summed E-state index contributed by atoms with van der Waals surface area (Å²) < 4.78 is 11.3. The highest BCUT2D eigenvalue weighted by Gasteiger charge is 2.25. The Bertz CT molecular complexity index is 295. The zero-order chi connectivity index (χ0) is 16.0. The number of aliphatic carboxylic acids is 1. The molecule has 0 aromatic heterocycles. The lowest BCUT2D eigenvalue weighted by Gasteiger charge is -2.32. The van der Waals surface area contributed by atoms with Crippen LogP contribution in [0.3, 0.4) is 0 Å². The molecule has 0 fully saturated rings. The molecule has 0 rings (SSSR count). The first-order valence-corrected chi connectivity index (χ1v) is 7.43. The van der Waals surface area contributed by atoms with Gasteiger partial charge < -0.3 is 14.6 Å². The predicted molar refractivity (Wildman–Crippen MR) is 80.9 cm³/mol. The molecular weight excluding hydrogens is 256 g/mol. The zero-order valence-corrected chi connectivity index (χ0v) is 14.2. The fourth-order valence-electron chi connectivity index (χ4n) is 2.02. The van der Waals surface area contributed by atoms with E-state index in [2.05, 4.69) is 34.6 Å². The maximum absolute atomic E-state index is 10.7. The van der Waals surface area contributed by atoms with Crippen LogP contribution < -0.4 is 0 Å². The molecule has 120 valence electrons. The van der Waals surface area contributed by atoms with Crippen LogP contribution in [-0.2, 0) is 14.3 Å². The van der Waals surface area contributed by atoms with Crippen molar-refractivity contribution in [3.05, 3.63) is 0 Å². The maximum Gasteiger partial charge on any atom is 0.306 e. The van der Waals surface area contributed by atoms with E-state index in [0.717, 1.165) is 6.42 Å². The van der Waals surface area contributed by atoms with Crippen molar-refractivity contribution in [1.82, 2.24) is 0 Å². The Morgan fingerprint density at radius 3 is 2.10 bits per heavy atom. The lowest BCUT2D eigenvalue weighted by molar-refractivity contribution is -0.145. The molecule has 0 radical (unpaired) electrons. The van der Waals surface area contributed by atoms with Crippen LogP contribution in [0.25, 0.3) is 0 Å². The highest BCUT2D eigenvalue weighted by molar-refractivity contribution is 5.67. The molecule has 0 spiro atoms. The standard InChI is InChI=1S/C16H32O4/c1-12(2)15(4,5)10-13(3)19-8-9-20-16(6,7)11-14(17)18/h12-13H,8-11H2,1-7H3,(H,17,18). The van der Waals surface area contributed by atoms with Crippen LogP contribution in [0.4, 0.5) is 0 Å². The summed E-state index contributed by atoms with van der Waals surface area (Å²) in [4.78, 5) is 10.7. The van der Waals surface area contributed by atoms with Gasteiger partial charge in [0.15, 0.2) is 0 Å². The van der Waals surface area contributed by atoms with Gasteiger partial charge >= 0.3 is 5.97 Å². The van der Waals surface area contributed by atoms with Crippen LogP contribution in [0.1, 0.15) is 61.3 Å². The second-order valence-corrected chi connectivity index (χ2v) is 7.21. The Labute approximate surface area is 123 Å². The monoisotopic (exact) mass is 288 g/mol. The number of hydrogen-bond acceptors (Lipinski definition) is 3. The first-order valence-electron chi connectivity index (χ1n) is 7.43. The Kier molecular flexibility index (Phi) is 7.74. The summed E-state index contributed by atoms with van der Waals surface area (Å²) in [7, 11) is 0. The fraction of sp³-hybridized carbons (Fsp3) is 0.938. The predicted octanol–water partition coefficient (Wildman–Crippen LogP) is 3.73. The molecule has 1 unspecified atom stereocenters. The van der Waals surface area contributed by atoms with E-state index in [4.69, 9.17) is 14.6 Å². The molecule has 0 bridgehead atoms. The molecular formula is C16H32O4. The number of ether oxygens (including phenoxy) is 2. The minimum Gasteiger partial charge on any atom is -0.481 e. The Morgan fingerprint density at radius 2 is 1.65 bits per heavy atom. The van der Waals surface area contributed by atoms with Crippen molar-refractivity contribution in [3.63, 3.8) is 0 Å². The Morgan fingerprint density at radius 1 is 1.10 bits per heavy atom. The number of carboxylic acid groups (broad SMARTS) is 1. The van der Waals surface area contributed by atoms with Crippen molar-refractivity contribution in [2.24, 2.45) is 11.3 Å². The molecule has 0 saturated carbocycles. The van der Waals surface area contributed by atoms with Crippen LogP contribution in [0.15, 0.2) is 0 Å². The largest absolute Gasteiger partial charge is 0.481 e. The van der Waals surface area contributed by atoms with E-state index in [1.807, 2.05) is 0 Å². The van der Waals surface area contributed by atoms with Gasteiger partial charge in [-0.2, -0.15) is 0 Å². The highest BCUT2D eigenvalue weighted by Crippen LogP contribution is 2.32. The quantitative estimate of drug-likeness (QED) is 0.622.